The number of aryl methyl sites for hydroxylation is 1. The van der Waals surface area contributed by atoms with Crippen LogP contribution in [0, 0.1) is 12.3 Å². The number of aromatic carboxylic acids is 1. The lowest BCUT2D eigenvalue weighted by Crippen LogP contribution is -2.41. The molecular formula is C13H21N3O3S. The summed E-state index contributed by atoms with van der Waals surface area (Å²) in [6.07, 6.45) is 0. The zero-order chi connectivity index (χ0) is 15.5. The number of aromatic nitrogens is 1. The maximum Gasteiger partial charge on any atom is 0.347 e. The molecule has 0 radical (unpaired) electrons. The average Bonchev–Trinajstić information content (AvgIpc) is 2.65. The van der Waals surface area contributed by atoms with Crippen LogP contribution in [0.3, 0.4) is 0 Å². The fraction of sp³-hybridized carbons (Fsp3) is 0.615. The number of hydrogen-bond acceptors (Lipinski definition) is 4. The highest BCUT2D eigenvalue weighted by Gasteiger charge is 2.18. The van der Waals surface area contributed by atoms with Gasteiger partial charge in [0.15, 0.2) is 0 Å². The fourth-order valence-electron chi connectivity index (χ4n) is 1.80. The Morgan fingerprint density at radius 2 is 2.00 bits per heavy atom. The third-order valence-electron chi connectivity index (χ3n) is 2.48. The van der Waals surface area contributed by atoms with Gasteiger partial charge in [-0.1, -0.05) is 20.8 Å². The van der Waals surface area contributed by atoms with Gasteiger partial charge in [0.05, 0.1) is 12.2 Å². The average molecular weight is 299 g/mol. The highest BCUT2D eigenvalue weighted by molar-refractivity contribution is 7.13. The molecule has 0 saturated carbocycles. The van der Waals surface area contributed by atoms with Crippen LogP contribution >= 0.6 is 11.3 Å². The van der Waals surface area contributed by atoms with Crippen LogP contribution in [0.2, 0.25) is 0 Å². The molecule has 6 nitrogen and oxygen atoms in total. The summed E-state index contributed by atoms with van der Waals surface area (Å²) in [5.74, 6) is -0.984. The summed E-state index contributed by atoms with van der Waals surface area (Å²) in [7, 11) is 1.73. The van der Waals surface area contributed by atoms with Gasteiger partial charge in [-0.3, -0.25) is 0 Å². The van der Waals surface area contributed by atoms with E-state index in [1.807, 2.05) is 0 Å². The van der Waals surface area contributed by atoms with Gasteiger partial charge in [0.25, 0.3) is 0 Å². The number of carbonyl (C=O) groups excluding carboxylic acids is 1. The molecule has 7 heteroatoms. The van der Waals surface area contributed by atoms with Gasteiger partial charge in [-0.15, -0.1) is 11.3 Å². The fourth-order valence-corrected chi connectivity index (χ4v) is 2.64. The number of amides is 2. The van der Waals surface area contributed by atoms with Gasteiger partial charge in [-0.2, -0.15) is 0 Å². The quantitative estimate of drug-likeness (QED) is 0.894. The molecule has 1 heterocycles. The summed E-state index contributed by atoms with van der Waals surface area (Å²) in [6.45, 7) is 8.69. The summed E-state index contributed by atoms with van der Waals surface area (Å²) in [5, 5.41) is 12.3. The number of carbonyl (C=O) groups is 2. The monoisotopic (exact) mass is 299 g/mol. The maximum absolute atomic E-state index is 11.9. The van der Waals surface area contributed by atoms with Gasteiger partial charge in [0, 0.05) is 13.6 Å². The first-order valence-electron chi connectivity index (χ1n) is 6.29. The van der Waals surface area contributed by atoms with Crippen molar-refractivity contribution in [3.8, 4) is 0 Å². The first kappa shape index (κ1) is 16.4. The molecule has 1 aromatic rings. The third-order valence-corrected chi connectivity index (χ3v) is 3.63. The molecule has 112 valence electrons. The molecule has 1 rings (SSSR count). The van der Waals surface area contributed by atoms with Crippen molar-refractivity contribution in [1.82, 2.24) is 15.2 Å². The maximum atomic E-state index is 11.9. The van der Waals surface area contributed by atoms with E-state index in [0.717, 1.165) is 11.3 Å². The molecular weight excluding hydrogens is 278 g/mol. The standard InChI is InChI=1S/C13H21N3O3S/c1-8-10(11(17)18)20-9(15-8)6-14-12(19)16(5)7-13(2,3)4/h6-7H2,1-5H3,(H,14,19)(H,17,18). The smallest absolute Gasteiger partial charge is 0.347 e. The minimum absolute atomic E-state index is 0.0281. The van der Waals surface area contributed by atoms with Crippen LogP contribution in [0.15, 0.2) is 0 Å². The summed E-state index contributed by atoms with van der Waals surface area (Å²) in [6, 6.07) is -0.190. The normalized spacial score (nSPS) is 11.2. The Morgan fingerprint density at radius 3 is 2.45 bits per heavy atom. The Labute approximate surface area is 122 Å². The highest BCUT2D eigenvalue weighted by Crippen LogP contribution is 2.18. The van der Waals surface area contributed by atoms with E-state index in [0.29, 0.717) is 17.2 Å². The number of hydrogen-bond donors (Lipinski definition) is 2. The number of rotatable bonds is 4. The van der Waals surface area contributed by atoms with Crippen molar-refractivity contribution in [1.29, 1.82) is 0 Å². The first-order chi connectivity index (χ1) is 9.10. The van der Waals surface area contributed by atoms with E-state index in [4.69, 9.17) is 5.11 Å². The van der Waals surface area contributed by atoms with Crippen molar-refractivity contribution >= 4 is 23.3 Å². The number of urea groups is 1. The lowest BCUT2D eigenvalue weighted by atomic mass is 9.96. The molecule has 0 atom stereocenters. The largest absolute Gasteiger partial charge is 0.477 e. The summed E-state index contributed by atoms with van der Waals surface area (Å²) >= 11 is 1.09. The first-order valence-corrected chi connectivity index (χ1v) is 7.10. The van der Waals surface area contributed by atoms with Crippen molar-refractivity contribution in [2.24, 2.45) is 5.41 Å². The molecule has 2 amide bonds. The second-order valence-corrected chi connectivity index (χ2v) is 6.99. The molecule has 0 aromatic carbocycles. The second-order valence-electron chi connectivity index (χ2n) is 5.90. The van der Waals surface area contributed by atoms with Crippen LogP contribution in [0.5, 0.6) is 0 Å². The Balaban J connectivity index is 2.57. The lowest BCUT2D eigenvalue weighted by Gasteiger charge is -2.26. The van der Waals surface area contributed by atoms with Crippen LogP contribution < -0.4 is 5.32 Å². The SMILES string of the molecule is Cc1nc(CNC(=O)N(C)CC(C)(C)C)sc1C(=O)O. The molecule has 0 spiro atoms. The zero-order valence-corrected chi connectivity index (χ0v) is 13.3. The van der Waals surface area contributed by atoms with Gasteiger partial charge < -0.3 is 15.3 Å². The van der Waals surface area contributed by atoms with Crippen molar-refractivity contribution < 1.29 is 14.7 Å². The van der Waals surface area contributed by atoms with E-state index in [2.05, 4.69) is 31.1 Å². The van der Waals surface area contributed by atoms with Crippen LogP contribution in [0.25, 0.3) is 0 Å². The zero-order valence-electron chi connectivity index (χ0n) is 12.5. The van der Waals surface area contributed by atoms with Gasteiger partial charge in [-0.05, 0) is 12.3 Å². The summed E-state index contributed by atoms with van der Waals surface area (Å²) in [5.41, 5.74) is 0.509. The summed E-state index contributed by atoms with van der Waals surface area (Å²) < 4.78 is 0. The van der Waals surface area contributed by atoms with Crippen molar-refractivity contribution in [2.45, 2.75) is 34.2 Å². The summed E-state index contributed by atoms with van der Waals surface area (Å²) in [4.78, 5) is 28.8. The number of nitrogens with zero attached hydrogens (tertiary/aromatic N) is 2. The predicted octanol–water partition coefficient (Wildman–Crippen LogP) is 2.34. The van der Waals surface area contributed by atoms with Crippen molar-refractivity contribution in [3.63, 3.8) is 0 Å². The molecule has 0 aliphatic rings. The molecule has 0 fully saturated rings. The van der Waals surface area contributed by atoms with E-state index in [1.165, 1.54) is 0 Å². The Morgan fingerprint density at radius 1 is 1.40 bits per heavy atom. The van der Waals surface area contributed by atoms with Crippen molar-refractivity contribution in [3.05, 3.63) is 15.6 Å². The highest BCUT2D eigenvalue weighted by atomic mass is 32.1. The van der Waals surface area contributed by atoms with Crippen LogP contribution in [0.1, 0.15) is 41.1 Å². The van der Waals surface area contributed by atoms with Crippen molar-refractivity contribution in [2.75, 3.05) is 13.6 Å². The second kappa shape index (κ2) is 6.21. The number of nitrogens with one attached hydrogen (secondary N) is 1. The van der Waals surface area contributed by atoms with E-state index in [9.17, 15) is 9.59 Å². The molecule has 2 N–H and O–H groups in total. The molecule has 1 aromatic heterocycles. The molecule has 20 heavy (non-hydrogen) atoms. The molecule has 0 saturated heterocycles. The molecule has 0 unspecified atom stereocenters. The van der Waals surface area contributed by atoms with E-state index < -0.39 is 5.97 Å². The molecule has 0 aliphatic carbocycles. The Kier molecular flexibility index (Phi) is 5.10. The topological polar surface area (TPSA) is 82.5 Å². The van der Waals surface area contributed by atoms with E-state index >= 15 is 0 Å². The Hall–Kier alpha value is -1.63. The molecule has 0 bridgehead atoms. The third kappa shape index (κ3) is 4.80. The minimum Gasteiger partial charge on any atom is -0.477 e. The van der Waals surface area contributed by atoms with Gasteiger partial charge >= 0.3 is 12.0 Å². The predicted molar refractivity (Wildman–Crippen MR) is 78.1 cm³/mol. The van der Waals surface area contributed by atoms with Crippen LogP contribution in [-0.4, -0.2) is 40.6 Å². The number of carboxylic acid groups (broad SMARTS) is 1. The van der Waals surface area contributed by atoms with E-state index in [-0.39, 0.29) is 22.9 Å². The van der Waals surface area contributed by atoms with Gasteiger partial charge in [0.2, 0.25) is 0 Å². The number of carboxylic acids is 1. The van der Waals surface area contributed by atoms with Crippen LogP contribution in [-0.2, 0) is 6.54 Å². The van der Waals surface area contributed by atoms with E-state index in [1.54, 1.807) is 18.9 Å². The minimum atomic E-state index is -0.984. The Bertz CT molecular complexity index is 505. The van der Waals surface area contributed by atoms with Gasteiger partial charge in [0.1, 0.15) is 9.88 Å². The molecule has 0 aliphatic heterocycles. The lowest BCUT2D eigenvalue weighted by molar-refractivity contribution is 0.0701. The number of thiazole rings is 1. The van der Waals surface area contributed by atoms with Gasteiger partial charge in [-0.25, -0.2) is 14.6 Å². The van der Waals surface area contributed by atoms with Crippen LogP contribution in [0.4, 0.5) is 4.79 Å².